The van der Waals surface area contributed by atoms with Crippen LogP contribution in [0.5, 0.6) is 0 Å². The van der Waals surface area contributed by atoms with Gasteiger partial charge in [0.1, 0.15) is 0 Å². The zero-order chi connectivity index (χ0) is 12.7. The minimum Gasteiger partial charge on any atom is -0.363 e. The van der Waals surface area contributed by atoms with E-state index < -0.39 is 0 Å². The summed E-state index contributed by atoms with van der Waals surface area (Å²) in [7, 11) is 0. The van der Waals surface area contributed by atoms with E-state index in [9.17, 15) is 0 Å². The lowest BCUT2D eigenvalue weighted by atomic mass is 10.1. The number of nitrogens with one attached hydrogen (secondary N) is 1. The zero-order valence-corrected chi connectivity index (χ0v) is 12.5. The molecule has 0 aromatic heterocycles. The Morgan fingerprint density at radius 3 is 2.53 bits per heavy atom. The van der Waals surface area contributed by atoms with E-state index in [1.165, 1.54) is 32.1 Å². The molecule has 1 aliphatic carbocycles. The van der Waals surface area contributed by atoms with Gasteiger partial charge in [0.15, 0.2) is 5.11 Å². The minimum absolute atomic E-state index is 0.700. The van der Waals surface area contributed by atoms with Crippen LogP contribution in [0.25, 0.3) is 0 Å². The number of nitrogens with zero attached hydrogens (tertiary/aromatic N) is 1. The topological polar surface area (TPSA) is 15.3 Å². The van der Waals surface area contributed by atoms with Crippen LogP contribution >= 0.6 is 12.2 Å². The van der Waals surface area contributed by atoms with Crippen molar-refractivity contribution in [2.24, 2.45) is 5.92 Å². The molecule has 100 valence electrons. The summed E-state index contributed by atoms with van der Waals surface area (Å²) < 4.78 is 0. The molecule has 0 aromatic carbocycles. The van der Waals surface area contributed by atoms with Crippen LogP contribution < -0.4 is 5.32 Å². The number of hydrogen-bond donors (Lipinski definition) is 1. The number of thiocarbonyl (C=S) groups is 1. The van der Waals surface area contributed by atoms with E-state index in [1.807, 2.05) is 0 Å². The van der Waals surface area contributed by atoms with Gasteiger partial charge in [0.05, 0.1) is 0 Å². The third-order valence-corrected chi connectivity index (χ3v) is 3.88. The molecular weight excluding hydrogens is 228 g/mol. The van der Waals surface area contributed by atoms with Crippen LogP contribution in [0.4, 0.5) is 0 Å². The predicted molar refractivity (Wildman–Crippen MR) is 79.3 cm³/mol. The third kappa shape index (κ3) is 5.24. The Bertz CT molecular complexity index is 222. The Kier molecular flexibility index (Phi) is 6.86. The Morgan fingerprint density at radius 1 is 1.35 bits per heavy atom. The highest BCUT2D eigenvalue weighted by Crippen LogP contribution is 2.24. The molecule has 0 radical (unpaired) electrons. The normalized spacial score (nSPS) is 16.5. The van der Waals surface area contributed by atoms with Crippen molar-refractivity contribution in [1.82, 2.24) is 10.2 Å². The summed E-state index contributed by atoms with van der Waals surface area (Å²) in [5, 5.41) is 4.38. The van der Waals surface area contributed by atoms with Gasteiger partial charge in [-0.25, -0.2) is 0 Å². The molecule has 1 N–H and O–H groups in total. The minimum atomic E-state index is 0.700. The van der Waals surface area contributed by atoms with Crippen molar-refractivity contribution in [1.29, 1.82) is 0 Å². The van der Waals surface area contributed by atoms with Crippen LogP contribution in [0.1, 0.15) is 59.3 Å². The summed E-state index contributed by atoms with van der Waals surface area (Å²) in [5.74, 6) is 0.757. The second-order valence-electron chi connectivity index (χ2n) is 5.55. The molecule has 0 amide bonds. The van der Waals surface area contributed by atoms with E-state index in [0.717, 1.165) is 30.5 Å². The summed E-state index contributed by atoms with van der Waals surface area (Å²) in [4.78, 5) is 2.46. The monoisotopic (exact) mass is 256 g/mol. The molecule has 1 rings (SSSR count). The first-order valence-electron chi connectivity index (χ1n) is 7.19. The van der Waals surface area contributed by atoms with Crippen molar-refractivity contribution in [2.75, 3.05) is 13.1 Å². The fourth-order valence-corrected chi connectivity index (χ4v) is 2.74. The van der Waals surface area contributed by atoms with E-state index in [2.05, 4.69) is 31.0 Å². The molecule has 0 saturated heterocycles. The Morgan fingerprint density at radius 2 is 2.00 bits per heavy atom. The van der Waals surface area contributed by atoms with Crippen molar-refractivity contribution in [3.63, 3.8) is 0 Å². The highest BCUT2D eigenvalue weighted by Gasteiger charge is 2.24. The first kappa shape index (κ1) is 14.7. The van der Waals surface area contributed by atoms with Crippen molar-refractivity contribution >= 4 is 17.3 Å². The molecule has 0 aromatic rings. The molecular formula is C14H28N2S. The maximum Gasteiger partial charge on any atom is 0.169 e. The van der Waals surface area contributed by atoms with E-state index in [-0.39, 0.29) is 0 Å². The second kappa shape index (κ2) is 7.91. The van der Waals surface area contributed by atoms with E-state index in [4.69, 9.17) is 12.2 Å². The Balaban J connectivity index is 2.47. The van der Waals surface area contributed by atoms with Gasteiger partial charge in [-0.05, 0) is 43.8 Å². The van der Waals surface area contributed by atoms with Crippen LogP contribution in [-0.4, -0.2) is 29.1 Å². The van der Waals surface area contributed by atoms with E-state index >= 15 is 0 Å². The molecule has 0 bridgehead atoms. The van der Waals surface area contributed by atoms with Gasteiger partial charge in [-0.3, -0.25) is 0 Å². The molecule has 0 aliphatic heterocycles. The van der Waals surface area contributed by atoms with Gasteiger partial charge >= 0.3 is 0 Å². The van der Waals surface area contributed by atoms with E-state index in [0.29, 0.717) is 6.04 Å². The second-order valence-corrected chi connectivity index (χ2v) is 5.93. The molecule has 0 heterocycles. The van der Waals surface area contributed by atoms with Crippen molar-refractivity contribution in [3.05, 3.63) is 0 Å². The maximum absolute atomic E-state index is 5.54. The fraction of sp³-hybridized carbons (Fsp3) is 0.929. The summed E-state index contributed by atoms with van der Waals surface area (Å²) in [6, 6.07) is 0.700. The Labute approximate surface area is 112 Å². The van der Waals surface area contributed by atoms with Gasteiger partial charge in [0.25, 0.3) is 0 Å². The van der Waals surface area contributed by atoms with Gasteiger partial charge in [0, 0.05) is 19.1 Å². The SMILES string of the molecule is CCCNC(=S)N(CCC(C)C)C1CCCC1. The predicted octanol–water partition coefficient (Wildman–Crippen LogP) is 3.56. The average molecular weight is 256 g/mol. The number of rotatable bonds is 6. The van der Waals surface area contributed by atoms with Crippen molar-refractivity contribution < 1.29 is 0 Å². The van der Waals surface area contributed by atoms with Crippen LogP contribution in [0.2, 0.25) is 0 Å². The molecule has 0 spiro atoms. The van der Waals surface area contributed by atoms with Crippen LogP contribution in [0, 0.1) is 5.92 Å². The lowest BCUT2D eigenvalue weighted by Gasteiger charge is -2.32. The zero-order valence-electron chi connectivity index (χ0n) is 11.7. The van der Waals surface area contributed by atoms with Gasteiger partial charge in [-0.15, -0.1) is 0 Å². The fourth-order valence-electron chi connectivity index (χ4n) is 2.40. The molecule has 1 fully saturated rings. The van der Waals surface area contributed by atoms with Gasteiger partial charge < -0.3 is 10.2 Å². The summed E-state index contributed by atoms with van der Waals surface area (Å²) in [5.41, 5.74) is 0. The standard InChI is InChI=1S/C14H28N2S/c1-4-10-15-14(17)16(11-9-12(2)3)13-7-5-6-8-13/h12-13H,4-11H2,1-3H3,(H,15,17). The van der Waals surface area contributed by atoms with Crippen LogP contribution in [0.3, 0.4) is 0 Å². The van der Waals surface area contributed by atoms with E-state index in [1.54, 1.807) is 0 Å². The maximum atomic E-state index is 5.54. The smallest absolute Gasteiger partial charge is 0.169 e. The summed E-state index contributed by atoms with van der Waals surface area (Å²) in [6.45, 7) is 8.88. The summed E-state index contributed by atoms with van der Waals surface area (Å²) >= 11 is 5.54. The van der Waals surface area contributed by atoms with Gasteiger partial charge in [-0.2, -0.15) is 0 Å². The van der Waals surface area contributed by atoms with Gasteiger partial charge in [0.2, 0.25) is 0 Å². The van der Waals surface area contributed by atoms with Crippen LogP contribution in [-0.2, 0) is 0 Å². The average Bonchev–Trinajstić information content (AvgIpc) is 2.79. The molecule has 17 heavy (non-hydrogen) atoms. The molecule has 0 unspecified atom stereocenters. The first-order chi connectivity index (χ1) is 8.15. The quantitative estimate of drug-likeness (QED) is 0.732. The summed E-state index contributed by atoms with van der Waals surface area (Å²) in [6.07, 6.45) is 7.78. The Hall–Kier alpha value is -0.310. The van der Waals surface area contributed by atoms with Crippen molar-refractivity contribution in [2.45, 2.75) is 65.3 Å². The third-order valence-electron chi connectivity index (χ3n) is 3.50. The largest absolute Gasteiger partial charge is 0.363 e. The van der Waals surface area contributed by atoms with Crippen LogP contribution in [0.15, 0.2) is 0 Å². The highest BCUT2D eigenvalue weighted by atomic mass is 32.1. The number of hydrogen-bond acceptors (Lipinski definition) is 1. The van der Waals surface area contributed by atoms with Gasteiger partial charge in [-0.1, -0.05) is 33.6 Å². The molecule has 3 heteroatoms. The molecule has 1 aliphatic rings. The molecule has 0 atom stereocenters. The van der Waals surface area contributed by atoms with Crippen molar-refractivity contribution in [3.8, 4) is 0 Å². The first-order valence-corrected chi connectivity index (χ1v) is 7.60. The highest BCUT2D eigenvalue weighted by molar-refractivity contribution is 7.80. The lowest BCUT2D eigenvalue weighted by molar-refractivity contribution is 0.292. The molecule has 2 nitrogen and oxygen atoms in total. The molecule has 1 saturated carbocycles. The lowest BCUT2D eigenvalue weighted by Crippen LogP contribution is -2.46.